The molecule has 0 fully saturated rings. The number of Topliss-reactive ketones (excluding diaryl/α,β-unsaturated/α-hetero) is 1. The highest BCUT2D eigenvalue weighted by Crippen LogP contribution is 2.49. The smallest absolute Gasteiger partial charge is 0.162 e. The molecule has 6 rings (SSSR count). The van der Waals surface area contributed by atoms with Gasteiger partial charge in [-0.15, -0.1) is 11.3 Å². The largest absolute Gasteiger partial charge is 0.343 e. The predicted molar refractivity (Wildman–Crippen MR) is 134 cm³/mol. The van der Waals surface area contributed by atoms with Gasteiger partial charge in [0.2, 0.25) is 0 Å². The molecule has 0 saturated carbocycles. The lowest BCUT2D eigenvalue weighted by molar-refractivity contribution is -0.116. The van der Waals surface area contributed by atoms with Gasteiger partial charge in [0.25, 0.3) is 0 Å². The number of hydrogen-bond donors (Lipinski definition) is 1. The van der Waals surface area contributed by atoms with Gasteiger partial charge in [0.1, 0.15) is 5.82 Å². The number of hydrogen-bond acceptors (Lipinski definition) is 4. The van der Waals surface area contributed by atoms with E-state index in [4.69, 9.17) is 16.7 Å². The fourth-order valence-electron chi connectivity index (χ4n) is 5.15. The molecule has 0 amide bonds. The Morgan fingerprint density at radius 3 is 2.55 bits per heavy atom. The minimum Gasteiger partial charge on any atom is -0.343 e. The molecule has 3 heterocycles. The van der Waals surface area contributed by atoms with E-state index in [9.17, 15) is 4.79 Å². The van der Waals surface area contributed by atoms with E-state index in [1.165, 1.54) is 4.88 Å². The third-order valence-corrected chi connectivity index (χ3v) is 7.90. The highest BCUT2D eigenvalue weighted by Gasteiger charge is 2.41. The molecule has 1 N–H and O–H groups in total. The lowest BCUT2D eigenvalue weighted by atomic mass is 9.73. The first-order chi connectivity index (χ1) is 16.1. The monoisotopic (exact) mass is 471 g/mol. The number of allylic oxidation sites excluding steroid dienone is 2. The molecule has 2 atom stereocenters. The van der Waals surface area contributed by atoms with E-state index in [2.05, 4.69) is 35.0 Å². The van der Waals surface area contributed by atoms with Crippen LogP contribution in [0.15, 0.2) is 83.4 Å². The number of carbonyl (C=O) groups excluding carboxylic acids is 1. The summed E-state index contributed by atoms with van der Waals surface area (Å²) in [4.78, 5) is 14.9. The number of para-hydroxylation sites is 1. The second kappa shape index (κ2) is 8.01. The number of anilines is 1. The van der Waals surface area contributed by atoms with Crippen LogP contribution in [0.1, 0.15) is 46.4 Å². The Morgan fingerprint density at radius 2 is 1.82 bits per heavy atom. The number of aromatic nitrogens is 2. The fourth-order valence-corrected chi connectivity index (χ4v) is 6.10. The van der Waals surface area contributed by atoms with Gasteiger partial charge in [0.05, 0.1) is 11.4 Å². The second-order valence-corrected chi connectivity index (χ2v) is 10.1. The number of thiophene rings is 1. The van der Waals surface area contributed by atoms with Crippen LogP contribution in [0.2, 0.25) is 5.02 Å². The van der Waals surface area contributed by atoms with Crippen LogP contribution in [-0.4, -0.2) is 15.6 Å². The number of benzene rings is 2. The van der Waals surface area contributed by atoms with Gasteiger partial charge in [-0.1, -0.05) is 48.0 Å². The summed E-state index contributed by atoms with van der Waals surface area (Å²) in [5, 5.41) is 11.3. The van der Waals surface area contributed by atoms with Crippen LogP contribution >= 0.6 is 22.9 Å². The van der Waals surface area contributed by atoms with Crippen molar-refractivity contribution >= 4 is 34.5 Å². The maximum atomic E-state index is 13.6. The van der Waals surface area contributed by atoms with Crippen LogP contribution in [0.4, 0.5) is 5.82 Å². The average molecular weight is 472 g/mol. The highest BCUT2D eigenvalue weighted by atomic mass is 35.5. The number of ketones is 1. The molecule has 2 aromatic carbocycles. The maximum Gasteiger partial charge on any atom is 0.162 e. The summed E-state index contributed by atoms with van der Waals surface area (Å²) in [6.07, 6.45) is 1.34. The Hall–Kier alpha value is -3.15. The lowest BCUT2D eigenvalue weighted by Crippen LogP contribution is -2.30. The second-order valence-electron chi connectivity index (χ2n) is 8.64. The summed E-state index contributed by atoms with van der Waals surface area (Å²) in [6.45, 7) is 2.02. The van der Waals surface area contributed by atoms with Crippen LogP contribution < -0.4 is 5.32 Å². The minimum absolute atomic E-state index is 0.164. The van der Waals surface area contributed by atoms with Crippen molar-refractivity contribution in [2.75, 3.05) is 5.32 Å². The Labute approximate surface area is 201 Å². The van der Waals surface area contributed by atoms with Gasteiger partial charge in [0, 0.05) is 45.0 Å². The van der Waals surface area contributed by atoms with E-state index in [1.807, 2.05) is 54.1 Å². The third kappa shape index (κ3) is 3.43. The molecule has 0 spiro atoms. The summed E-state index contributed by atoms with van der Waals surface area (Å²) in [6, 6.07) is 22.2. The number of nitrogens with one attached hydrogen (secondary N) is 1. The first kappa shape index (κ1) is 20.5. The van der Waals surface area contributed by atoms with E-state index < -0.39 is 0 Å². The van der Waals surface area contributed by atoms with Crippen molar-refractivity contribution in [2.45, 2.75) is 31.6 Å². The number of halogens is 1. The van der Waals surface area contributed by atoms with Gasteiger partial charge in [0.15, 0.2) is 5.78 Å². The van der Waals surface area contributed by atoms with Crippen molar-refractivity contribution in [2.24, 2.45) is 0 Å². The van der Waals surface area contributed by atoms with E-state index in [0.717, 1.165) is 46.0 Å². The molecule has 4 nitrogen and oxygen atoms in total. The summed E-state index contributed by atoms with van der Waals surface area (Å²) in [5.41, 5.74) is 5.91. The van der Waals surface area contributed by atoms with Gasteiger partial charge in [-0.2, -0.15) is 5.10 Å². The molecule has 0 radical (unpaired) electrons. The minimum atomic E-state index is -0.164. The Kier molecular flexibility index (Phi) is 4.97. The van der Waals surface area contributed by atoms with Gasteiger partial charge in [-0.05, 0) is 54.6 Å². The van der Waals surface area contributed by atoms with Crippen LogP contribution in [0, 0.1) is 6.92 Å². The van der Waals surface area contributed by atoms with E-state index in [0.29, 0.717) is 11.4 Å². The van der Waals surface area contributed by atoms with Crippen molar-refractivity contribution in [3.63, 3.8) is 0 Å². The number of aryl methyl sites for hydroxylation is 1. The van der Waals surface area contributed by atoms with Gasteiger partial charge in [-0.3, -0.25) is 4.79 Å². The molecular weight excluding hydrogens is 450 g/mol. The number of carbonyl (C=O) groups is 1. The number of rotatable bonds is 3. The van der Waals surface area contributed by atoms with Crippen molar-refractivity contribution in [3.05, 3.63) is 110 Å². The summed E-state index contributed by atoms with van der Waals surface area (Å²) in [5.74, 6) is 1.18. The zero-order valence-corrected chi connectivity index (χ0v) is 19.7. The highest BCUT2D eigenvalue weighted by molar-refractivity contribution is 7.10. The molecule has 2 aromatic heterocycles. The van der Waals surface area contributed by atoms with Crippen molar-refractivity contribution in [3.8, 4) is 5.69 Å². The van der Waals surface area contributed by atoms with E-state index >= 15 is 0 Å². The zero-order valence-electron chi connectivity index (χ0n) is 18.1. The molecule has 4 aromatic rings. The number of nitrogens with zero attached hydrogens (tertiary/aromatic N) is 2. The zero-order chi connectivity index (χ0) is 22.5. The molecular formula is C27H22ClN3OS. The van der Waals surface area contributed by atoms with Crippen molar-refractivity contribution in [1.82, 2.24) is 9.78 Å². The molecule has 0 unspecified atom stereocenters. The van der Waals surface area contributed by atoms with Crippen LogP contribution in [-0.2, 0) is 4.79 Å². The van der Waals surface area contributed by atoms with Crippen LogP contribution in [0.25, 0.3) is 5.69 Å². The average Bonchev–Trinajstić information content (AvgIpc) is 3.48. The molecule has 0 saturated heterocycles. The van der Waals surface area contributed by atoms with E-state index in [1.54, 1.807) is 11.3 Å². The van der Waals surface area contributed by atoms with Crippen molar-refractivity contribution in [1.29, 1.82) is 0 Å². The Balaban J connectivity index is 1.54. The van der Waals surface area contributed by atoms with Gasteiger partial charge < -0.3 is 5.32 Å². The molecule has 1 aliphatic carbocycles. The summed E-state index contributed by atoms with van der Waals surface area (Å²) >= 11 is 7.93. The molecule has 0 bridgehead atoms. The van der Waals surface area contributed by atoms with Crippen LogP contribution in [0.5, 0.6) is 0 Å². The third-order valence-electron chi connectivity index (χ3n) is 6.61. The standard InChI is InChI=1S/C27H22ClN3OS/c1-16-24-25(17-9-11-19(28)12-10-17)26-21(14-18(15-22(26)32)23-8-5-13-33-23)29-27(24)31(30-16)20-6-3-2-4-7-20/h2-13,18,25,29H,14-15H2,1H3/t18-,25+/m0/s1. The quantitative estimate of drug-likeness (QED) is 0.355. The maximum absolute atomic E-state index is 13.6. The summed E-state index contributed by atoms with van der Waals surface area (Å²) < 4.78 is 1.97. The first-order valence-electron chi connectivity index (χ1n) is 11.1. The molecule has 2 aliphatic rings. The molecule has 33 heavy (non-hydrogen) atoms. The Bertz CT molecular complexity index is 1370. The van der Waals surface area contributed by atoms with Gasteiger partial charge >= 0.3 is 0 Å². The molecule has 1 aliphatic heterocycles. The van der Waals surface area contributed by atoms with Crippen molar-refractivity contribution < 1.29 is 4.79 Å². The number of fused-ring (bicyclic) bond motifs is 1. The SMILES string of the molecule is Cc1nn(-c2ccccc2)c2c1[C@@H](c1ccc(Cl)cc1)C1=C(C[C@H](c3cccs3)CC1=O)N2. The normalized spacial score (nSPS) is 19.8. The van der Waals surface area contributed by atoms with Gasteiger partial charge in [-0.25, -0.2) is 4.68 Å². The Morgan fingerprint density at radius 1 is 1.03 bits per heavy atom. The lowest BCUT2D eigenvalue weighted by Gasteiger charge is -2.35. The van der Waals surface area contributed by atoms with Crippen LogP contribution in [0.3, 0.4) is 0 Å². The predicted octanol–water partition coefficient (Wildman–Crippen LogP) is 6.85. The topological polar surface area (TPSA) is 46.9 Å². The molecule has 6 heteroatoms. The first-order valence-corrected chi connectivity index (χ1v) is 12.3. The molecule has 164 valence electrons. The fraction of sp³-hybridized carbons (Fsp3) is 0.185. The van der Waals surface area contributed by atoms with E-state index in [-0.39, 0.29) is 17.6 Å². The summed E-state index contributed by atoms with van der Waals surface area (Å²) in [7, 11) is 0.